The number of carbonyl (C=O) groups excluding carboxylic acids is 1. The molecule has 0 aliphatic rings. The Kier molecular flexibility index (Phi) is 5.15. The SMILES string of the molecule is CC(NC(=O)C(N)C(C)C)c1cccc(Br)c1. The van der Waals surface area contributed by atoms with Crippen LogP contribution >= 0.6 is 15.9 Å². The largest absolute Gasteiger partial charge is 0.348 e. The van der Waals surface area contributed by atoms with Crippen LogP contribution in [0.4, 0.5) is 0 Å². The van der Waals surface area contributed by atoms with Gasteiger partial charge in [0.2, 0.25) is 5.91 Å². The van der Waals surface area contributed by atoms with E-state index in [2.05, 4.69) is 21.2 Å². The number of nitrogens with one attached hydrogen (secondary N) is 1. The molecule has 0 heterocycles. The predicted molar refractivity (Wildman–Crippen MR) is 73.5 cm³/mol. The molecule has 0 aliphatic carbocycles. The summed E-state index contributed by atoms with van der Waals surface area (Å²) in [5, 5.41) is 2.92. The highest BCUT2D eigenvalue weighted by molar-refractivity contribution is 9.10. The number of hydrogen-bond donors (Lipinski definition) is 2. The smallest absolute Gasteiger partial charge is 0.237 e. The first kappa shape index (κ1) is 14.2. The van der Waals surface area contributed by atoms with Crippen molar-refractivity contribution in [2.24, 2.45) is 11.7 Å². The number of hydrogen-bond acceptors (Lipinski definition) is 2. The molecule has 2 unspecified atom stereocenters. The molecular weight excluding hydrogens is 280 g/mol. The molecule has 3 nitrogen and oxygen atoms in total. The highest BCUT2D eigenvalue weighted by atomic mass is 79.9. The van der Waals surface area contributed by atoms with Crippen molar-refractivity contribution in [3.05, 3.63) is 34.3 Å². The zero-order chi connectivity index (χ0) is 13.0. The molecule has 0 aliphatic heterocycles. The van der Waals surface area contributed by atoms with Gasteiger partial charge < -0.3 is 11.1 Å². The van der Waals surface area contributed by atoms with Gasteiger partial charge in [0, 0.05) is 4.47 Å². The maximum Gasteiger partial charge on any atom is 0.237 e. The number of carbonyl (C=O) groups is 1. The molecule has 0 saturated heterocycles. The third-order valence-electron chi connectivity index (χ3n) is 2.73. The van der Waals surface area contributed by atoms with Crippen LogP contribution in [0, 0.1) is 5.92 Å². The monoisotopic (exact) mass is 298 g/mol. The van der Waals surface area contributed by atoms with Crippen LogP contribution in [0.3, 0.4) is 0 Å². The molecule has 0 aromatic heterocycles. The van der Waals surface area contributed by atoms with Crippen molar-refractivity contribution in [2.45, 2.75) is 32.9 Å². The summed E-state index contributed by atoms with van der Waals surface area (Å²) in [6, 6.07) is 7.39. The van der Waals surface area contributed by atoms with Crippen molar-refractivity contribution in [1.82, 2.24) is 5.32 Å². The molecule has 1 rings (SSSR count). The molecular formula is C13H19BrN2O. The van der Waals surface area contributed by atoms with Crippen LogP contribution in [0.25, 0.3) is 0 Å². The normalized spacial score (nSPS) is 14.5. The van der Waals surface area contributed by atoms with Gasteiger partial charge in [0.15, 0.2) is 0 Å². The average molecular weight is 299 g/mol. The van der Waals surface area contributed by atoms with Crippen molar-refractivity contribution in [2.75, 3.05) is 0 Å². The Morgan fingerprint density at radius 2 is 2.00 bits per heavy atom. The van der Waals surface area contributed by atoms with Gasteiger partial charge in [0.1, 0.15) is 0 Å². The van der Waals surface area contributed by atoms with Crippen molar-refractivity contribution < 1.29 is 4.79 Å². The second kappa shape index (κ2) is 6.17. The number of nitrogens with two attached hydrogens (primary N) is 1. The molecule has 4 heteroatoms. The van der Waals surface area contributed by atoms with Crippen LogP contribution in [0.15, 0.2) is 28.7 Å². The first-order chi connectivity index (χ1) is 7.91. The van der Waals surface area contributed by atoms with Gasteiger partial charge in [-0.2, -0.15) is 0 Å². The maximum absolute atomic E-state index is 11.8. The van der Waals surface area contributed by atoms with Crippen molar-refractivity contribution in [3.8, 4) is 0 Å². The lowest BCUT2D eigenvalue weighted by Crippen LogP contribution is -2.44. The Labute approximate surface area is 111 Å². The minimum absolute atomic E-state index is 0.0372. The van der Waals surface area contributed by atoms with E-state index >= 15 is 0 Å². The summed E-state index contributed by atoms with van der Waals surface area (Å²) in [5.41, 5.74) is 6.85. The Morgan fingerprint density at radius 3 is 2.53 bits per heavy atom. The van der Waals surface area contributed by atoms with E-state index in [9.17, 15) is 4.79 Å². The minimum Gasteiger partial charge on any atom is -0.348 e. The van der Waals surface area contributed by atoms with E-state index in [-0.39, 0.29) is 17.9 Å². The summed E-state index contributed by atoms with van der Waals surface area (Å²) in [7, 11) is 0. The highest BCUT2D eigenvalue weighted by Gasteiger charge is 2.19. The van der Waals surface area contributed by atoms with Crippen LogP contribution in [-0.2, 0) is 4.79 Å². The Hall–Kier alpha value is -0.870. The van der Waals surface area contributed by atoms with Crippen LogP contribution in [-0.4, -0.2) is 11.9 Å². The number of benzene rings is 1. The lowest BCUT2D eigenvalue weighted by molar-refractivity contribution is -0.123. The molecule has 0 saturated carbocycles. The lowest BCUT2D eigenvalue weighted by Gasteiger charge is -2.20. The van der Waals surface area contributed by atoms with Gasteiger partial charge in [-0.1, -0.05) is 41.9 Å². The van der Waals surface area contributed by atoms with E-state index in [4.69, 9.17) is 5.73 Å². The molecule has 1 aromatic carbocycles. The fourth-order valence-corrected chi connectivity index (χ4v) is 1.89. The Bertz CT molecular complexity index is 393. The molecule has 2 atom stereocenters. The van der Waals surface area contributed by atoms with Crippen LogP contribution in [0.1, 0.15) is 32.4 Å². The van der Waals surface area contributed by atoms with Gasteiger partial charge in [-0.05, 0) is 30.5 Å². The molecule has 94 valence electrons. The quantitative estimate of drug-likeness (QED) is 0.898. The van der Waals surface area contributed by atoms with Gasteiger partial charge in [-0.15, -0.1) is 0 Å². The minimum atomic E-state index is -0.454. The summed E-state index contributed by atoms with van der Waals surface area (Å²) >= 11 is 3.41. The third-order valence-corrected chi connectivity index (χ3v) is 3.22. The van der Waals surface area contributed by atoms with Gasteiger partial charge in [0.05, 0.1) is 12.1 Å². The van der Waals surface area contributed by atoms with E-state index in [0.717, 1.165) is 10.0 Å². The topological polar surface area (TPSA) is 55.1 Å². The van der Waals surface area contributed by atoms with Crippen LogP contribution in [0.2, 0.25) is 0 Å². The Balaban J connectivity index is 2.66. The first-order valence-corrected chi connectivity index (χ1v) is 6.52. The maximum atomic E-state index is 11.8. The van der Waals surface area contributed by atoms with Crippen molar-refractivity contribution in [3.63, 3.8) is 0 Å². The predicted octanol–water partition coefficient (Wildman–Crippen LogP) is 2.61. The summed E-state index contributed by atoms with van der Waals surface area (Å²) in [6.07, 6.45) is 0. The zero-order valence-corrected chi connectivity index (χ0v) is 12.0. The van der Waals surface area contributed by atoms with Crippen LogP contribution in [0.5, 0.6) is 0 Å². The second-order valence-corrected chi connectivity index (χ2v) is 5.47. The standard InChI is InChI=1S/C13H19BrN2O/c1-8(2)12(15)13(17)16-9(3)10-5-4-6-11(14)7-10/h4-9,12H,15H2,1-3H3,(H,16,17). The number of amides is 1. The average Bonchev–Trinajstić information content (AvgIpc) is 2.27. The summed E-state index contributed by atoms with van der Waals surface area (Å²) in [6.45, 7) is 5.83. The van der Waals surface area contributed by atoms with Crippen molar-refractivity contribution in [1.29, 1.82) is 0 Å². The van der Waals surface area contributed by atoms with Gasteiger partial charge in [0.25, 0.3) is 0 Å². The molecule has 0 radical (unpaired) electrons. The summed E-state index contributed by atoms with van der Waals surface area (Å²) < 4.78 is 1.00. The van der Waals surface area contributed by atoms with E-state index in [0.29, 0.717) is 0 Å². The lowest BCUT2D eigenvalue weighted by atomic mass is 10.0. The molecule has 0 spiro atoms. The zero-order valence-electron chi connectivity index (χ0n) is 10.4. The highest BCUT2D eigenvalue weighted by Crippen LogP contribution is 2.18. The first-order valence-electron chi connectivity index (χ1n) is 5.73. The van der Waals surface area contributed by atoms with E-state index < -0.39 is 6.04 Å². The Morgan fingerprint density at radius 1 is 1.35 bits per heavy atom. The second-order valence-electron chi connectivity index (χ2n) is 4.56. The van der Waals surface area contributed by atoms with E-state index in [1.165, 1.54) is 0 Å². The molecule has 3 N–H and O–H groups in total. The third kappa shape index (κ3) is 4.13. The van der Waals surface area contributed by atoms with E-state index in [1.807, 2.05) is 45.0 Å². The molecule has 1 amide bonds. The summed E-state index contributed by atoms with van der Waals surface area (Å²) in [4.78, 5) is 11.8. The molecule has 17 heavy (non-hydrogen) atoms. The van der Waals surface area contributed by atoms with Crippen molar-refractivity contribution >= 4 is 21.8 Å². The molecule has 1 aromatic rings. The van der Waals surface area contributed by atoms with E-state index in [1.54, 1.807) is 0 Å². The van der Waals surface area contributed by atoms with Gasteiger partial charge in [-0.3, -0.25) is 4.79 Å². The molecule has 0 bridgehead atoms. The summed E-state index contributed by atoms with van der Waals surface area (Å²) in [5.74, 6) is 0.0391. The fraction of sp³-hybridized carbons (Fsp3) is 0.462. The fourth-order valence-electron chi connectivity index (χ4n) is 1.47. The molecule has 0 fully saturated rings. The number of rotatable bonds is 4. The van der Waals surface area contributed by atoms with Gasteiger partial charge in [-0.25, -0.2) is 0 Å². The van der Waals surface area contributed by atoms with Gasteiger partial charge >= 0.3 is 0 Å². The van der Waals surface area contributed by atoms with Crippen LogP contribution < -0.4 is 11.1 Å². The number of halogens is 1.